The van der Waals surface area contributed by atoms with E-state index in [9.17, 15) is 4.79 Å². The number of carbonyl (C=O) groups is 1. The molecule has 1 N–H and O–H groups in total. The summed E-state index contributed by atoms with van der Waals surface area (Å²) in [6.07, 6.45) is 3.60. The van der Waals surface area contributed by atoms with Gasteiger partial charge in [-0.05, 0) is 59.8 Å². The SMILES string of the molecule is O=C(c1cc(Br)cs1)N1CCC2(CCNCC2)C1. The van der Waals surface area contributed by atoms with E-state index in [0.29, 0.717) is 5.41 Å². The van der Waals surface area contributed by atoms with Gasteiger partial charge in [0, 0.05) is 22.9 Å². The fraction of sp³-hybridized carbons (Fsp3) is 0.615. The highest BCUT2D eigenvalue weighted by molar-refractivity contribution is 9.10. The van der Waals surface area contributed by atoms with Crippen LogP contribution in [-0.2, 0) is 0 Å². The van der Waals surface area contributed by atoms with Crippen LogP contribution in [0.1, 0.15) is 28.9 Å². The molecule has 1 aromatic heterocycles. The first-order valence-corrected chi connectivity index (χ1v) is 8.10. The molecule has 1 spiro atoms. The Hall–Kier alpha value is -0.390. The molecule has 3 nitrogen and oxygen atoms in total. The molecule has 2 saturated heterocycles. The molecule has 5 heteroatoms. The van der Waals surface area contributed by atoms with Crippen molar-refractivity contribution in [2.45, 2.75) is 19.3 Å². The van der Waals surface area contributed by atoms with E-state index < -0.39 is 0 Å². The monoisotopic (exact) mass is 328 g/mol. The van der Waals surface area contributed by atoms with Crippen molar-refractivity contribution in [3.63, 3.8) is 0 Å². The molecule has 18 heavy (non-hydrogen) atoms. The summed E-state index contributed by atoms with van der Waals surface area (Å²) < 4.78 is 1.01. The van der Waals surface area contributed by atoms with Gasteiger partial charge < -0.3 is 10.2 Å². The maximum Gasteiger partial charge on any atom is 0.263 e. The molecule has 2 aliphatic heterocycles. The van der Waals surface area contributed by atoms with Crippen molar-refractivity contribution in [1.29, 1.82) is 0 Å². The third-order valence-corrected chi connectivity index (χ3v) is 5.85. The fourth-order valence-corrected chi connectivity index (χ4v) is 4.45. The average molecular weight is 329 g/mol. The lowest BCUT2D eigenvalue weighted by atomic mass is 9.78. The minimum absolute atomic E-state index is 0.209. The third-order valence-electron chi connectivity index (χ3n) is 4.17. The van der Waals surface area contributed by atoms with Crippen molar-refractivity contribution in [2.75, 3.05) is 26.2 Å². The number of rotatable bonds is 1. The van der Waals surface area contributed by atoms with Crippen molar-refractivity contribution in [1.82, 2.24) is 10.2 Å². The highest BCUT2D eigenvalue weighted by atomic mass is 79.9. The van der Waals surface area contributed by atoms with E-state index in [1.165, 1.54) is 30.6 Å². The maximum absolute atomic E-state index is 12.4. The van der Waals surface area contributed by atoms with Crippen molar-refractivity contribution < 1.29 is 4.79 Å². The molecule has 0 atom stereocenters. The summed E-state index contributed by atoms with van der Waals surface area (Å²) in [5.74, 6) is 0.209. The minimum atomic E-state index is 0.209. The molecule has 0 bridgehead atoms. The molecular formula is C13H17BrN2OS. The summed E-state index contributed by atoms with van der Waals surface area (Å²) in [5, 5.41) is 5.38. The van der Waals surface area contributed by atoms with Gasteiger partial charge in [-0.25, -0.2) is 0 Å². The average Bonchev–Trinajstić information content (AvgIpc) is 2.97. The van der Waals surface area contributed by atoms with Crippen LogP contribution < -0.4 is 5.32 Å². The Morgan fingerprint density at radius 2 is 2.17 bits per heavy atom. The Morgan fingerprint density at radius 1 is 1.39 bits per heavy atom. The van der Waals surface area contributed by atoms with Gasteiger partial charge >= 0.3 is 0 Å². The zero-order chi connectivity index (χ0) is 12.6. The normalized spacial score (nSPS) is 22.6. The van der Waals surface area contributed by atoms with Gasteiger partial charge in [-0.3, -0.25) is 4.79 Å². The van der Waals surface area contributed by atoms with E-state index in [1.54, 1.807) is 0 Å². The standard InChI is InChI=1S/C13H17BrN2OS/c14-10-7-11(18-8-10)12(17)16-6-3-13(9-16)1-4-15-5-2-13/h7-8,15H,1-6,9H2. The number of nitrogens with one attached hydrogen (secondary N) is 1. The molecule has 1 amide bonds. The molecule has 0 aromatic carbocycles. The number of piperidine rings is 1. The molecule has 0 aliphatic carbocycles. The lowest BCUT2D eigenvalue weighted by molar-refractivity contribution is 0.0766. The Morgan fingerprint density at radius 3 is 2.83 bits per heavy atom. The zero-order valence-corrected chi connectivity index (χ0v) is 12.6. The summed E-state index contributed by atoms with van der Waals surface area (Å²) >= 11 is 4.94. The Labute approximate surface area is 120 Å². The van der Waals surface area contributed by atoms with E-state index in [0.717, 1.165) is 35.5 Å². The van der Waals surface area contributed by atoms with E-state index in [-0.39, 0.29) is 5.91 Å². The van der Waals surface area contributed by atoms with E-state index >= 15 is 0 Å². The number of amides is 1. The number of nitrogens with zero attached hydrogens (tertiary/aromatic N) is 1. The van der Waals surface area contributed by atoms with Crippen LogP contribution in [-0.4, -0.2) is 37.0 Å². The van der Waals surface area contributed by atoms with Gasteiger partial charge in [-0.15, -0.1) is 11.3 Å². The van der Waals surface area contributed by atoms with Gasteiger partial charge in [0.15, 0.2) is 0 Å². The van der Waals surface area contributed by atoms with E-state index in [1.807, 2.05) is 16.3 Å². The highest BCUT2D eigenvalue weighted by Crippen LogP contribution is 2.39. The highest BCUT2D eigenvalue weighted by Gasteiger charge is 2.40. The Bertz CT molecular complexity index is 454. The second-order valence-electron chi connectivity index (χ2n) is 5.36. The number of halogens is 1. The van der Waals surface area contributed by atoms with Crippen LogP contribution in [0.25, 0.3) is 0 Å². The van der Waals surface area contributed by atoms with Gasteiger partial charge in [0.1, 0.15) is 0 Å². The molecule has 0 unspecified atom stereocenters. The first-order valence-electron chi connectivity index (χ1n) is 6.43. The van der Waals surface area contributed by atoms with Crippen molar-refractivity contribution in [3.8, 4) is 0 Å². The van der Waals surface area contributed by atoms with E-state index in [2.05, 4.69) is 21.2 Å². The second kappa shape index (κ2) is 4.94. The van der Waals surface area contributed by atoms with Crippen LogP contribution in [0.4, 0.5) is 0 Å². The van der Waals surface area contributed by atoms with Gasteiger partial charge in [0.05, 0.1) is 4.88 Å². The molecule has 0 saturated carbocycles. The largest absolute Gasteiger partial charge is 0.337 e. The lowest BCUT2D eigenvalue weighted by Crippen LogP contribution is -2.39. The number of likely N-dealkylation sites (tertiary alicyclic amines) is 1. The Balaban J connectivity index is 1.70. The predicted molar refractivity (Wildman–Crippen MR) is 77.1 cm³/mol. The predicted octanol–water partition coefficient (Wildman–Crippen LogP) is 2.73. The fourth-order valence-electron chi connectivity index (χ4n) is 3.05. The summed E-state index contributed by atoms with van der Waals surface area (Å²) in [6, 6.07) is 1.93. The number of hydrogen-bond donors (Lipinski definition) is 1. The first kappa shape index (κ1) is 12.6. The molecule has 3 heterocycles. The van der Waals surface area contributed by atoms with Crippen molar-refractivity contribution >= 4 is 33.2 Å². The molecule has 0 radical (unpaired) electrons. The molecular weight excluding hydrogens is 312 g/mol. The number of hydrogen-bond acceptors (Lipinski definition) is 3. The maximum atomic E-state index is 12.4. The molecule has 1 aromatic rings. The van der Waals surface area contributed by atoms with Crippen LogP contribution in [0.2, 0.25) is 0 Å². The van der Waals surface area contributed by atoms with Crippen LogP contribution in [0, 0.1) is 5.41 Å². The van der Waals surface area contributed by atoms with Gasteiger partial charge in [0.25, 0.3) is 5.91 Å². The summed E-state index contributed by atoms with van der Waals surface area (Å²) in [6.45, 7) is 4.08. The van der Waals surface area contributed by atoms with Crippen molar-refractivity contribution in [3.05, 3.63) is 20.8 Å². The molecule has 2 aliphatic rings. The third kappa shape index (κ3) is 2.36. The molecule has 3 rings (SSSR count). The van der Waals surface area contributed by atoms with Gasteiger partial charge in [0.2, 0.25) is 0 Å². The summed E-state index contributed by atoms with van der Waals surface area (Å²) in [7, 11) is 0. The van der Waals surface area contributed by atoms with Crippen LogP contribution in [0.3, 0.4) is 0 Å². The van der Waals surface area contributed by atoms with Gasteiger partial charge in [-0.2, -0.15) is 0 Å². The number of carbonyl (C=O) groups excluding carboxylic acids is 1. The zero-order valence-electron chi connectivity index (χ0n) is 10.2. The van der Waals surface area contributed by atoms with Crippen molar-refractivity contribution in [2.24, 2.45) is 5.41 Å². The van der Waals surface area contributed by atoms with Crippen LogP contribution >= 0.6 is 27.3 Å². The first-order chi connectivity index (χ1) is 8.69. The van der Waals surface area contributed by atoms with E-state index in [4.69, 9.17) is 0 Å². The Kier molecular flexibility index (Phi) is 3.47. The topological polar surface area (TPSA) is 32.3 Å². The smallest absolute Gasteiger partial charge is 0.263 e. The lowest BCUT2D eigenvalue weighted by Gasteiger charge is -2.33. The molecule has 2 fully saturated rings. The van der Waals surface area contributed by atoms with Crippen LogP contribution in [0.15, 0.2) is 15.9 Å². The minimum Gasteiger partial charge on any atom is -0.337 e. The summed E-state index contributed by atoms with van der Waals surface area (Å²) in [5.41, 5.74) is 0.398. The number of thiophene rings is 1. The van der Waals surface area contributed by atoms with Crippen LogP contribution in [0.5, 0.6) is 0 Å². The molecule has 98 valence electrons. The summed E-state index contributed by atoms with van der Waals surface area (Å²) in [4.78, 5) is 15.3. The van der Waals surface area contributed by atoms with Gasteiger partial charge in [-0.1, -0.05) is 0 Å². The second-order valence-corrected chi connectivity index (χ2v) is 7.18. The quantitative estimate of drug-likeness (QED) is 0.859.